The van der Waals surface area contributed by atoms with Gasteiger partial charge in [0.25, 0.3) is 0 Å². The van der Waals surface area contributed by atoms with Gasteiger partial charge >= 0.3 is 41.9 Å². The Hall–Kier alpha value is 1.15. The molecule has 1 nitrogen and oxygen atoms in total. The van der Waals surface area contributed by atoms with Crippen molar-refractivity contribution >= 4 is 23.1 Å². The summed E-state index contributed by atoms with van der Waals surface area (Å²) in [4.78, 5) is 0. The van der Waals surface area contributed by atoms with E-state index in [2.05, 4.69) is 32.0 Å². The van der Waals surface area contributed by atoms with E-state index < -0.39 is 0 Å². The van der Waals surface area contributed by atoms with Crippen molar-refractivity contribution in [1.29, 1.82) is 0 Å². The van der Waals surface area contributed by atoms with E-state index >= 15 is 0 Å². The molecule has 2 atom stereocenters. The number of benzene rings is 1. The summed E-state index contributed by atoms with van der Waals surface area (Å²) in [6, 6.07) is 9.55. The third-order valence-electron chi connectivity index (χ3n) is 6.24. The van der Waals surface area contributed by atoms with Crippen molar-refractivity contribution in [2.75, 3.05) is 7.11 Å². The molecule has 5 rings (SSSR count). The van der Waals surface area contributed by atoms with Crippen molar-refractivity contribution in [3.63, 3.8) is 0 Å². The van der Waals surface area contributed by atoms with Gasteiger partial charge in [-0.15, -0.1) is 11.6 Å². The van der Waals surface area contributed by atoms with E-state index in [0.717, 1.165) is 11.7 Å². The smallest absolute Gasteiger partial charge is 1.00 e. The quantitative estimate of drug-likeness (QED) is 0.349. The fourth-order valence-electron chi connectivity index (χ4n) is 6.77. The standard InChI is InChI=1S/C19H25O.BrH.ClH.Li.Mg/c1-17-8-14-9-18(2,11-17)13-19(10-14,12-17)15-6-4-5-7-16(15)20-3;;;;/h4,6-7,14H,8-13H2,1-3H3;2*1H;;/q-1;;;+1;+2/p-2. The van der Waals surface area contributed by atoms with Crippen LogP contribution in [-0.4, -0.2) is 30.2 Å². The molecule has 0 aromatic heterocycles. The van der Waals surface area contributed by atoms with Gasteiger partial charge in [-0.05, 0) is 60.7 Å². The number of halogens is 2. The van der Waals surface area contributed by atoms with Gasteiger partial charge in [-0.2, -0.15) is 18.2 Å². The topological polar surface area (TPSA) is 9.23 Å². The third-order valence-corrected chi connectivity index (χ3v) is 6.24. The number of hydrogen-bond donors (Lipinski definition) is 0. The van der Waals surface area contributed by atoms with Gasteiger partial charge in [0.2, 0.25) is 0 Å². The SMILES string of the molecule is COc1c[c-]ccc1C12CC3CC(C)(CC(C)(C3)C1)C2.[Br-].[Cl-].[Li+].[Mg+2]. The maximum absolute atomic E-state index is 5.67. The number of methoxy groups -OCH3 is 1. The molecule has 2 unspecified atom stereocenters. The average molecular weight is 416 g/mol. The van der Waals surface area contributed by atoms with E-state index in [1.54, 1.807) is 7.11 Å². The predicted octanol–water partition coefficient (Wildman–Crippen LogP) is -4.63. The van der Waals surface area contributed by atoms with Gasteiger partial charge in [0.15, 0.2) is 0 Å². The molecule has 0 heterocycles. The Morgan fingerprint density at radius 2 is 1.67 bits per heavy atom. The zero-order valence-electron chi connectivity index (χ0n) is 15.4. The fourth-order valence-corrected chi connectivity index (χ4v) is 6.77. The summed E-state index contributed by atoms with van der Waals surface area (Å²) in [6.45, 7) is 5.07. The molecule has 1 aromatic carbocycles. The molecule has 0 amide bonds. The van der Waals surface area contributed by atoms with E-state index in [1.165, 1.54) is 44.1 Å². The van der Waals surface area contributed by atoms with Gasteiger partial charge in [-0.3, -0.25) is 0 Å². The van der Waals surface area contributed by atoms with E-state index in [-0.39, 0.29) is 71.3 Å². The molecular weight excluding hydrogens is 391 g/mol. The third kappa shape index (κ3) is 4.02. The van der Waals surface area contributed by atoms with E-state index in [0.29, 0.717) is 16.2 Å². The minimum atomic E-state index is 0. The number of ether oxygens (including phenoxy) is 1. The molecule has 4 aliphatic rings. The van der Waals surface area contributed by atoms with Crippen LogP contribution in [0.2, 0.25) is 0 Å². The maximum atomic E-state index is 5.67. The van der Waals surface area contributed by atoms with E-state index in [1.807, 2.05) is 6.07 Å². The van der Waals surface area contributed by atoms with Crippen LogP contribution >= 0.6 is 0 Å². The molecule has 4 aliphatic carbocycles. The minimum Gasteiger partial charge on any atom is -1.00 e. The Balaban J connectivity index is 0.00000132. The van der Waals surface area contributed by atoms with Crippen LogP contribution in [0.3, 0.4) is 0 Å². The van der Waals surface area contributed by atoms with Crippen LogP contribution in [0.15, 0.2) is 18.2 Å². The van der Waals surface area contributed by atoms with Crippen LogP contribution in [0.25, 0.3) is 0 Å². The summed E-state index contributed by atoms with van der Waals surface area (Å²) in [5, 5.41) is 0. The average Bonchev–Trinajstić information content (AvgIpc) is 2.34. The molecule has 0 spiro atoms. The minimum absolute atomic E-state index is 0. The van der Waals surface area contributed by atoms with Crippen molar-refractivity contribution in [2.24, 2.45) is 16.7 Å². The zero-order chi connectivity index (χ0) is 14.0. The molecular formula is C19H25BrClLiMgO. The normalized spacial score (nSPS) is 38.0. The molecule has 4 fully saturated rings. The van der Waals surface area contributed by atoms with Gasteiger partial charge in [0.05, 0.1) is 7.11 Å². The Labute approximate surface area is 192 Å². The van der Waals surface area contributed by atoms with E-state index in [4.69, 9.17) is 4.74 Å². The van der Waals surface area contributed by atoms with Crippen molar-refractivity contribution in [2.45, 2.75) is 57.8 Å². The molecule has 24 heavy (non-hydrogen) atoms. The predicted molar refractivity (Wildman–Crippen MR) is 86.7 cm³/mol. The second-order valence-corrected chi connectivity index (χ2v) is 8.54. The van der Waals surface area contributed by atoms with Gasteiger partial charge < -0.3 is 34.1 Å². The zero-order valence-corrected chi connectivity index (χ0v) is 19.2. The van der Waals surface area contributed by atoms with Crippen molar-refractivity contribution in [1.82, 2.24) is 0 Å². The van der Waals surface area contributed by atoms with Crippen molar-refractivity contribution < 1.29 is 53.0 Å². The molecule has 4 bridgehead atoms. The van der Waals surface area contributed by atoms with Crippen LogP contribution < -0.4 is 53.0 Å². The summed E-state index contributed by atoms with van der Waals surface area (Å²) >= 11 is 0. The van der Waals surface area contributed by atoms with Crippen LogP contribution in [0, 0.1) is 22.8 Å². The molecule has 0 saturated heterocycles. The summed E-state index contributed by atoms with van der Waals surface area (Å²) < 4.78 is 5.67. The number of rotatable bonds is 2. The van der Waals surface area contributed by atoms with Crippen molar-refractivity contribution in [3.05, 3.63) is 29.8 Å². The summed E-state index contributed by atoms with van der Waals surface area (Å²) in [5.74, 6) is 1.98. The first kappa shape index (κ1) is 25.2. The first-order chi connectivity index (χ1) is 9.46. The van der Waals surface area contributed by atoms with Crippen molar-refractivity contribution in [3.8, 4) is 5.75 Å². The van der Waals surface area contributed by atoms with Crippen LogP contribution in [-0.2, 0) is 5.41 Å². The summed E-state index contributed by atoms with van der Waals surface area (Å²) in [5.41, 5.74) is 2.93. The molecule has 124 valence electrons. The number of hydrogen-bond acceptors (Lipinski definition) is 1. The first-order valence-electron chi connectivity index (χ1n) is 8.01. The Morgan fingerprint density at radius 3 is 2.17 bits per heavy atom. The van der Waals surface area contributed by atoms with Gasteiger partial charge in [0, 0.05) is 5.75 Å². The Morgan fingerprint density at radius 1 is 1.08 bits per heavy atom. The largest absolute Gasteiger partial charge is 2.00 e. The Kier molecular flexibility index (Phi) is 8.85. The molecule has 4 saturated carbocycles. The summed E-state index contributed by atoms with van der Waals surface area (Å²) in [7, 11) is 1.80. The summed E-state index contributed by atoms with van der Waals surface area (Å²) in [6.07, 6.45) is 8.41. The maximum Gasteiger partial charge on any atom is 2.00 e. The molecule has 0 radical (unpaired) electrons. The first-order valence-corrected chi connectivity index (χ1v) is 8.01. The molecule has 1 aromatic rings. The van der Waals surface area contributed by atoms with E-state index in [9.17, 15) is 0 Å². The second kappa shape index (κ2) is 8.45. The fraction of sp³-hybridized carbons (Fsp3) is 0.684. The van der Waals surface area contributed by atoms with Gasteiger partial charge in [-0.1, -0.05) is 13.8 Å². The van der Waals surface area contributed by atoms with Crippen LogP contribution in [0.5, 0.6) is 5.75 Å². The second-order valence-electron chi connectivity index (χ2n) is 8.54. The van der Waals surface area contributed by atoms with Gasteiger partial charge in [-0.25, -0.2) is 0 Å². The molecule has 0 aliphatic heterocycles. The molecule has 5 heteroatoms. The van der Waals surface area contributed by atoms with Crippen LogP contribution in [0.4, 0.5) is 0 Å². The van der Waals surface area contributed by atoms with Crippen LogP contribution in [0.1, 0.15) is 57.9 Å². The monoisotopic (exact) mass is 414 g/mol. The van der Waals surface area contributed by atoms with Gasteiger partial charge in [0.1, 0.15) is 0 Å². The molecule has 0 N–H and O–H groups in total. The Bertz CT molecular complexity index is 552.